The largest absolute Gasteiger partial charge is 0.350 e. The molecular formula is C25H36N2O3S. The SMILES string of the molecule is CCc1ccc(N(CCCC(=O)NC(C)c2ccc(C(C)(C)C)cc2)S(C)(=O)=O)cc1. The normalized spacial score (nSPS) is 13.0. The van der Waals surface area contributed by atoms with E-state index in [1.54, 1.807) is 0 Å². The van der Waals surface area contributed by atoms with E-state index in [9.17, 15) is 13.2 Å². The van der Waals surface area contributed by atoms with Gasteiger partial charge in [0.1, 0.15) is 0 Å². The van der Waals surface area contributed by atoms with Gasteiger partial charge in [0.15, 0.2) is 0 Å². The molecule has 0 bridgehead atoms. The molecule has 0 radical (unpaired) electrons. The first kappa shape index (κ1) is 24.9. The number of rotatable bonds is 9. The van der Waals surface area contributed by atoms with Crippen molar-refractivity contribution in [3.63, 3.8) is 0 Å². The number of aryl methyl sites for hydroxylation is 1. The van der Waals surface area contributed by atoms with E-state index >= 15 is 0 Å². The number of amides is 1. The van der Waals surface area contributed by atoms with Crippen molar-refractivity contribution in [1.82, 2.24) is 5.32 Å². The van der Waals surface area contributed by atoms with Crippen LogP contribution in [0.4, 0.5) is 5.69 Å². The van der Waals surface area contributed by atoms with Crippen molar-refractivity contribution in [3.8, 4) is 0 Å². The fourth-order valence-corrected chi connectivity index (χ4v) is 4.40. The molecule has 0 aliphatic heterocycles. The van der Waals surface area contributed by atoms with Gasteiger partial charge in [-0.1, -0.05) is 64.1 Å². The third-order valence-electron chi connectivity index (χ3n) is 5.45. The van der Waals surface area contributed by atoms with E-state index < -0.39 is 10.0 Å². The lowest BCUT2D eigenvalue weighted by Crippen LogP contribution is -2.32. The van der Waals surface area contributed by atoms with Crippen LogP contribution in [0.25, 0.3) is 0 Å². The Morgan fingerprint density at radius 1 is 1.03 bits per heavy atom. The molecule has 1 amide bonds. The molecule has 1 N–H and O–H groups in total. The third kappa shape index (κ3) is 7.39. The zero-order valence-electron chi connectivity index (χ0n) is 19.6. The van der Waals surface area contributed by atoms with Gasteiger partial charge in [-0.2, -0.15) is 0 Å². The molecule has 2 rings (SSSR count). The van der Waals surface area contributed by atoms with E-state index in [0.29, 0.717) is 12.1 Å². The van der Waals surface area contributed by atoms with E-state index in [-0.39, 0.29) is 30.3 Å². The fraction of sp³-hybridized carbons (Fsp3) is 0.480. The van der Waals surface area contributed by atoms with Crippen molar-refractivity contribution in [3.05, 3.63) is 65.2 Å². The van der Waals surface area contributed by atoms with Crippen LogP contribution in [0.1, 0.15) is 70.2 Å². The molecule has 1 unspecified atom stereocenters. The van der Waals surface area contributed by atoms with Crippen LogP contribution in [0, 0.1) is 0 Å². The number of sulfonamides is 1. The molecule has 6 heteroatoms. The van der Waals surface area contributed by atoms with E-state index in [1.165, 1.54) is 16.1 Å². The summed E-state index contributed by atoms with van der Waals surface area (Å²) in [6.45, 7) is 10.8. The molecule has 5 nitrogen and oxygen atoms in total. The quantitative estimate of drug-likeness (QED) is 0.594. The zero-order chi connectivity index (χ0) is 23.2. The first-order chi connectivity index (χ1) is 14.4. The van der Waals surface area contributed by atoms with Crippen molar-refractivity contribution in [2.24, 2.45) is 0 Å². The van der Waals surface area contributed by atoms with E-state index in [2.05, 4.69) is 57.3 Å². The number of benzene rings is 2. The van der Waals surface area contributed by atoms with Gasteiger partial charge in [0.2, 0.25) is 15.9 Å². The first-order valence-corrected chi connectivity index (χ1v) is 12.7. The molecule has 2 aromatic rings. The van der Waals surface area contributed by atoms with Crippen molar-refractivity contribution in [2.45, 2.75) is 65.3 Å². The number of anilines is 1. The number of hydrogen-bond donors (Lipinski definition) is 1. The molecule has 2 aromatic carbocycles. The number of nitrogens with zero attached hydrogens (tertiary/aromatic N) is 1. The van der Waals surface area contributed by atoms with Gasteiger partial charge in [0, 0.05) is 13.0 Å². The zero-order valence-corrected chi connectivity index (χ0v) is 20.4. The highest BCUT2D eigenvalue weighted by Crippen LogP contribution is 2.24. The Labute approximate surface area is 187 Å². The monoisotopic (exact) mass is 444 g/mol. The van der Waals surface area contributed by atoms with Gasteiger partial charge in [-0.05, 0) is 54.0 Å². The van der Waals surface area contributed by atoms with Gasteiger partial charge < -0.3 is 5.32 Å². The summed E-state index contributed by atoms with van der Waals surface area (Å²) in [5.41, 5.74) is 4.18. The van der Waals surface area contributed by atoms with Gasteiger partial charge in [0.05, 0.1) is 18.0 Å². The molecule has 0 fully saturated rings. The maximum Gasteiger partial charge on any atom is 0.232 e. The average molecular weight is 445 g/mol. The van der Waals surface area contributed by atoms with Crippen LogP contribution in [0.5, 0.6) is 0 Å². The van der Waals surface area contributed by atoms with E-state index in [4.69, 9.17) is 0 Å². The summed E-state index contributed by atoms with van der Waals surface area (Å²) in [6, 6.07) is 15.7. The van der Waals surface area contributed by atoms with Gasteiger partial charge in [0.25, 0.3) is 0 Å². The number of nitrogens with one attached hydrogen (secondary N) is 1. The van der Waals surface area contributed by atoms with Crippen LogP contribution >= 0.6 is 0 Å². The van der Waals surface area contributed by atoms with Crippen LogP contribution in [-0.4, -0.2) is 27.1 Å². The summed E-state index contributed by atoms with van der Waals surface area (Å²) in [5, 5.41) is 3.01. The summed E-state index contributed by atoms with van der Waals surface area (Å²) in [5.74, 6) is -0.0813. The van der Waals surface area contributed by atoms with Crippen molar-refractivity contribution in [2.75, 3.05) is 17.1 Å². The second-order valence-corrected chi connectivity index (χ2v) is 11.0. The molecule has 0 spiro atoms. The standard InChI is InChI=1S/C25H36N2O3S/c1-7-20-10-16-23(17-11-20)27(31(6,29)30)18-8-9-24(28)26-19(2)21-12-14-22(15-13-21)25(3,4)5/h10-17,19H,7-9,18H2,1-6H3,(H,26,28). The highest BCUT2D eigenvalue weighted by Gasteiger charge is 2.18. The lowest BCUT2D eigenvalue weighted by Gasteiger charge is -2.23. The summed E-state index contributed by atoms with van der Waals surface area (Å²) in [6.07, 6.45) is 2.81. The molecule has 0 aliphatic carbocycles. The third-order valence-corrected chi connectivity index (χ3v) is 6.65. The molecular weight excluding hydrogens is 408 g/mol. The Hall–Kier alpha value is -2.34. The second-order valence-electron chi connectivity index (χ2n) is 9.12. The minimum atomic E-state index is -3.42. The molecule has 0 heterocycles. The van der Waals surface area contributed by atoms with Gasteiger partial charge in [-0.3, -0.25) is 9.10 Å². The number of hydrogen-bond acceptors (Lipinski definition) is 3. The Morgan fingerprint density at radius 2 is 1.61 bits per heavy atom. The molecule has 0 saturated heterocycles. The van der Waals surface area contributed by atoms with Crippen LogP contribution in [-0.2, 0) is 26.7 Å². The van der Waals surface area contributed by atoms with Crippen molar-refractivity contribution < 1.29 is 13.2 Å². The molecule has 0 saturated carbocycles. The predicted molar refractivity (Wildman–Crippen MR) is 129 cm³/mol. The van der Waals surface area contributed by atoms with Crippen LogP contribution in [0.3, 0.4) is 0 Å². The summed E-state index contributed by atoms with van der Waals surface area (Å²) in [7, 11) is -3.42. The van der Waals surface area contributed by atoms with Crippen molar-refractivity contribution >= 4 is 21.6 Å². The van der Waals surface area contributed by atoms with E-state index in [1.807, 2.05) is 31.2 Å². The molecule has 31 heavy (non-hydrogen) atoms. The Kier molecular flexibility index (Phi) is 8.29. The second kappa shape index (κ2) is 10.3. The topological polar surface area (TPSA) is 66.5 Å². The number of carbonyl (C=O) groups is 1. The van der Waals surface area contributed by atoms with E-state index in [0.717, 1.165) is 17.5 Å². The van der Waals surface area contributed by atoms with Gasteiger partial charge in [-0.25, -0.2) is 8.42 Å². The lowest BCUT2D eigenvalue weighted by atomic mass is 9.86. The minimum absolute atomic E-state index is 0.0813. The smallest absolute Gasteiger partial charge is 0.232 e. The summed E-state index contributed by atoms with van der Waals surface area (Å²) in [4.78, 5) is 12.4. The molecule has 0 aliphatic rings. The van der Waals surface area contributed by atoms with Crippen LogP contribution in [0.2, 0.25) is 0 Å². The number of carbonyl (C=O) groups excluding carboxylic acids is 1. The highest BCUT2D eigenvalue weighted by molar-refractivity contribution is 7.92. The Bertz CT molecular complexity index is 959. The average Bonchev–Trinajstić information content (AvgIpc) is 2.70. The first-order valence-electron chi connectivity index (χ1n) is 10.9. The lowest BCUT2D eigenvalue weighted by molar-refractivity contribution is -0.121. The van der Waals surface area contributed by atoms with Crippen LogP contribution in [0.15, 0.2) is 48.5 Å². The Morgan fingerprint density at radius 3 is 2.10 bits per heavy atom. The van der Waals surface area contributed by atoms with Gasteiger partial charge >= 0.3 is 0 Å². The minimum Gasteiger partial charge on any atom is -0.350 e. The molecule has 1 atom stereocenters. The Balaban J connectivity index is 1.92. The van der Waals surface area contributed by atoms with Crippen molar-refractivity contribution in [1.29, 1.82) is 0 Å². The predicted octanol–water partition coefficient (Wildman–Crippen LogP) is 4.97. The van der Waals surface area contributed by atoms with Crippen LogP contribution < -0.4 is 9.62 Å². The maximum atomic E-state index is 12.4. The summed E-state index contributed by atoms with van der Waals surface area (Å²) >= 11 is 0. The molecule has 0 aromatic heterocycles. The van der Waals surface area contributed by atoms with Gasteiger partial charge in [-0.15, -0.1) is 0 Å². The fourth-order valence-electron chi connectivity index (χ4n) is 3.44. The molecule has 170 valence electrons. The summed E-state index contributed by atoms with van der Waals surface area (Å²) < 4.78 is 25.9. The highest BCUT2D eigenvalue weighted by atomic mass is 32.2. The maximum absolute atomic E-state index is 12.4.